The minimum Gasteiger partial charge on any atom is -0.396 e. The number of rotatable bonds is 5. The van der Waals surface area contributed by atoms with Gasteiger partial charge in [-0.2, -0.15) is 0 Å². The lowest BCUT2D eigenvalue weighted by atomic mass is 10.0. The molecule has 0 amide bonds. The van der Waals surface area contributed by atoms with Crippen molar-refractivity contribution in [2.45, 2.75) is 25.4 Å². The first-order chi connectivity index (χ1) is 8.31. The van der Waals surface area contributed by atoms with Crippen molar-refractivity contribution in [1.29, 1.82) is 0 Å². The molecule has 2 rings (SSSR count). The molecule has 0 fully saturated rings. The smallest absolute Gasteiger partial charge is 0.0704 e. The molecular weight excluding hydrogens is 214 g/mol. The Morgan fingerprint density at radius 3 is 2.82 bits per heavy atom. The number of aliphatic hydroxyl groups is 2. The molecule has 0 aliphatic rings. The third-order valence-corrected chi connectivity index (χ3v) is 2.89. The number of aromatic nitrogens is 1. The number of para-hydroxylation sites is 1. The van der Waals surface area contributed by atoms with E-state index in [0.717, 1.165) is 16.5 Å². The van der Waals surface area contributed by atoms with Crippen molar-refractivity contribution in [3.8, 4) is 0 Å². The van der Waals surface area contributed by atoms with Crippen molar-refractivity contribution in [3.05, 3.63) is 42.1 Å². The molecule has 0 radical (unpaired) electrons. The van der Waals surface area contributed by atoms with E-state index in [1.807, 2.05) is 30.3 Å². The topological polar surface area (TPSA) is 53.4 Å². The van der Waals surface area contributed by atoms with Crippen LogP contribution in [-0.4, -0.2) is 27.9 Å². The normalized spacial score (nSPS) is 12.8. The van der Waals surface area contributed by atoms with Gasteiger partial charge in [0.05, 0.1) is 11.6 Å². The zero-order valence-electron chi connectivity index (χ0n) is 9.71. The molecule has 1 aromatic heterocycles. The van der Waals surface area contributed by atoms with Crippen LogP contribution in [0.2, 0.25) is 0 Å². The molecule has 90 valence electrons. The molecule has 2 aromatic rings. The molecule has 0 spiro atoms. The van der Waals surface area contributed by atoms with Gasteiger partial charge in [-0.05, 0) is 37.0 Å². The third kappa shape index (κ3) is 3.02. The summed E-state index contributed by atoms with van der Waals surface area (Å²) in [5.41, 5.74) is 2.07. The van der Waals surface area contributed by atoms with Gasteiger partial charge in [0.2, 0.25) is 0 Å². The van der Waals surface area contributed by atoms with E-state index < -0.39 is 6.10 Å². The Hall–Kier alpha value is -1.45. The van der Waals surface area contributed by atoms with Crippen molar-refractivity contribution in [1.82, 2.24) is 4.98 Å². The van der Waals surface area contributed by atoms with Crippen LogP contribution in [0.1, 0.15) is 18.4 Å². The first-order valence-corrected chi connectivity index (χ1v) is 5.93. The van der Waals surface area contributed by atoms with Gasteiger partial charge in [0, 0.05) is 18.2 Å². The Balaban J connectivity index is 2.18. The predicted molar refractivity (Wildman–Crippen MR) is 67.8 cm³/mol. The van der Waals surface area contributed by atoms with Crippen LogP contribution in [-0.2, 0) is 6.42 Å². The van der Waals surface area contributed by atoms with E-state index in [2.05, 4.69) is 4.98 Å². The van der Waals surface area contributed by atoms with Crippen molar-refractivity contribution in [3.63, 3.8) is 0 Å². The van der Waals surface area contributed by atoms with Gasteiger partial charge in [0.15, 0.2) is 0 Å². The van der Waals surface area contributed by atoms with E-state index in [1.54, 1.807) is 6.20 Å². The number of hydrogen-bond donors (Lipinski definition) is 2. The van der Waals surface area contributed by atoms with Gasteiger partial charge in [0.1, 0.15) is 0 Å². The Kier molecular flexibility index (Phi) is 4.07. The summed E-state index contributed by atoms with van der Waals surface area (Å²) in [4.78, 5) is 4.29. The van der Waals surface area contributed by atoms with Gasteiger partial charge < -0.3 is 10.2 Å². The van der Waals surface area contributed by atoms with Crippen LogP contribution in [0.4, 0.5) is 0 Å². The molecular formula is C14H17NO2. The second-order valence-corrected chi connectivity index (χ2v) is 4.21. The van der Waals surface area contributed by atoms with Gasteiger partial charge in [-0.1, -0.05) is 18.2 Å². The van der Waals surface area contributed by atoms with E-state index in [4.69, 9.17) is 5.11 Å². The van der Waals surface area contributed by atoms with E-state index in [0.29, 0.717) is 19.3 Å². The maximum absolute atomic E-state index is 9.86. The highest BCUT2D eigenvalue weighted by Gasteiger charge is 2.08. The molecule has 1 unspecified atom stereocenters. The van der Waals surface area contributed by atoms with E-state index in [9.17, 15) is 5.11 Å². The van der Waals surface area contributed by atoms with Crippen LogP contribution in [0.25, 0.3) is 10.9 Å². The van der Waals surface area contributed by atoms with Crippen LogP contribution < -0.4 is 0 Å². The maximum atomic E-state index is 9.86. The second kappa shape index (κ2) is 5.75. The molecule has 0 saturated heterocycles. The number of fused-ring (bicyclic) bond motifs is 1. The Labute approximate surface area is 101 Å². The molecule has 1 atom stereocenters. The number of aliphatic hydroxyl groups excluding tert-OH is 2. The molecule has 0 aliphatic carbocycles. The van der Waals surface area contributed by atoms with Gasteiger partial charge in [-0.15, -0.1) is 0 Å². The van der Waals surface area contributed by atoms with Crippen LogP contribution in [0.3, 0.4) is 0 Å². The fraction of sp³-hybridized carbons (Fsp3) is 0.357. The number of hydrogen-bond acceptors (Lipinski definition) is 3. The summed E-state index contributed by atoms with van der Waals surface area (Å²) >= 11 is 0. The number of benzene rings is 1. The van der Waals surface area contributed by atoms with Crippen molar-refractivity contribution < 1.29 is 10.2 Å². The van der Waals surface area contributed by atoms with Crippen LogP contribution in [0.5, 0.6) is 0 Å². The van der Waals surface area contributed by atoms with Crippen molar-refractivity contribution >= 4 is 10.9 Å². The number of pyridine rings is 1. The molecule has 2 N–H and O–H groups in total. The molecule has 3 nitrogen and oxygen atoms in total. The molecule has 17 heavy (non-hydrogen) atoms. The lowest BCUT2D eigenvalue weighted by molar-refractivity contribution is 0.150. The minimum atomic E-state index is -0.395. The van der Waals surface area contributed by atoms with Gasteiger partial charge >= 0.3 is 0 Å². The van der Waals surface area contributed by atoms with Gasteiger partial charge in [-0.3, -0.25) is 4.98 Å². The van der Waals surface area contributed by atoms with Gasteiger partial charge in [-0.25, -0.2) is 0 Å². The fourth-order valence-corrected chi connectivity index (χ4v) is 2.02. The summed E-state index contributed by atoms with van der Waals surface area (Å²) in [6, 6.07) is 9.88. The van der Waals surface area contributed by atoms with Crippen LogP contribution in [0, 0.1) is 0 Å². The summed E-state index contributed by atoms with van der Waals surface area (Å²) < 4.78 is 0. The molecule has 0 aliphatic heterocycles. The highest BCUT2D eigenvalue weighted by molar-refractivity contribution is 5.81. The molecule has 3 heteroatoms. The Bertz CT molecular complexity index is 479. The molecule has 0 saturated carbocycles. The monoisotopic (exact) mass is 231 g/mol. The molecule has 1 heterocycles. The summed E-state index contributed by atoms with van der Waals surface area (Å²) in [5, 5.41) is 19.7. The second-order valence-electron chi connectivity index (χ2n) is 4.21. The highest BCUT2D eigenvalue weighted by Crippen LogP contribution is 2.18. The summed E-state index contributed by atoms with van der Waals surface area (Å²) in [6.07, 6.45) is 3.27. The molecule has 1 aromatic carbocycles. The quantitative estimate of drug-likeness (QED) is 0.826. The largest absolute Gasteiger partial charge is 0.396 e. The first-order valence-electron chi connectivity index (χ1n) is 5.93. The average molecular weight is 231 g/mol. The highest BCUT2D eigenvalue weighted by atomic mass is 16.3. The Morgan fingerprint density at radius 2 is 2.00 bits per heavy atom. The summed E-state index contributed by atoms with van der Waals surface area (Å²) in [5.74, 6) is 0. The standard InChI is InChI=1S/C14H17NO2/c16-9-3-4-12(17)10-11-7-8-15-14-6-2-1-5-13(11)14/h1-2,5-8,12,16-17H,3-4,9-10H2. The van der Waals surface area contributed by atoms with E-state index >= 15 is 0 Å². The SMILES string of the molecule is OCCCC(O)Cc1ccnc2ccccc12. The Morgan fingerprint density at radius 1 is 1.18 bits per heavy atom. The predicted octanol–water partition coefficient (Wildman–Crippen LogP) is 1.91. The zero-order valence-corrected chi connectivity index (χ0v) is 9.71. The van der Waals surface area contributed by atoms with E-state index in [-0.39, 0.29) is 6.61 Å². The average Bonchev–Trinajstić information content (AvgIpc) is 2.37. The third-order valence-electron chi connectivity index (χ3n) is 2.89. The minimum absolute atomic E-state index is 0.133. The van der Waals surface area contributed by atoms with Crippen molar-refractivity contribution in [2.75, 3.05) is 6.61 Å². The first kappa shape index (κ1) is 12.0. The van der Waals surface area contributed by atoms with Crippen LogP contribution in [0.15, 0.2) is 36.5 Å². The summed E-state index contributed by atoms with van der Waals surface area (Å²) in [6.45, 7) is 0.133. The van der Waals surface area contributed by atoms with E-state index in [1.165, 1.54) is 0 Å². The van der Waals surface area contributed by atoms with Crippen molar-refractivity contribution in [2.24, 2.45) is 0 Å². The zero-order chi connectivity index (χ0) is 12.1. The lowest BCUT2D eigenvalue weighted by Crippen LogP contribution is -2.11. The lowest BCUT2D eigenvalue weighted by Gasteiger charge is -2.11. The maximum Gasteiger partial charge on any atom is 0.0704 e. The number of nitrogens with zero attached hydrogens (tertiary/aromatic N) is 1. The van der Waals surface area contributed by atoms with Crippen LogP contribution >= 0.6 is 0 Å². The fourth-order valence-electron chi connectivity index (χ4n) is 2.02. The molecule has 0 bridgehead atoms. The summed E-state index contributed by atoms with van der Waals surface area (Å²) in [7, 11) is 0. The van der Waals surface area contributed by atoms with Gasteiger partial charge in [0.25, 0.3) is 0 Å².